The fraction of sp³-hybridized carbons (Fsp3) is 0.460. The van der Waals surface area contributed by atoms with Crippen molar-refractivity contribution >= 4 is 81.9 Å². The number of anilines is 4. The van der Waals surface area contributed by atoms with Gasteiger partial charge in [-0.25, -0.2) is 0 Å². The Bertz CT molecular complexity index is 3130. The zero-order valence-electron chi connectivity index (χ0n) is 52.4. The van der Waals surface area contributed by atoms with E-state index in [0.717, 1.165) is 0 Å². The number of esters is 1. The molecular formula is C63H89N13O15. The molecule has 0 spiro atoms. The predicted octanol–water partition coefficient (Wildman–Crippen LogP) is 3.70. The van der Waals surface area contributed by atoms with Gasteiger partial charge in [-0.2, -0.15) is 0 Å². The van der Waals surface area contributed by atoms with Crippen LogP contribution in [0.4, 0.5) is 22.7 Å². The highest BCUT2D eigenvalue weighted by atomic mass is 16.5. The van der Waals surface area contributed by atoms with E-state index in [0.29, 0.717) is 84.0 Å². The summed E-state index contributed by atoms with van der Waals surface area (Å²) in [6.45, 7) is 1.39. The first-order valence-electron chi connectivity index (χ1n) is 30.1. The molecule has 4 aromatic carbocycles. The lowest BCUT2D eigenvalue weighted by Crippen LogP contribution is -2.44. The second-order valence-corrected chi connectivity index (χ2v) is 21.1. The maximum absolute atomic E-state index is 14.3. The van der Waals surface area contributed by atoms with E-state index < -0.39 is 83.3 Å². The molecule has 0 saturated carbocycles. The van der Waals surface area contributed by atoms with Crippen molar-refractivity contribution in [3.05, 3.63) is 95.1 Å². The maximum atomic E-state index is 14.3. The quantitative estimate of drug-likeness (QED) is 0.0222. The highest BCUT2D eigenvalue weighted by Crippen LogP contribution is 2.28. The fourth-order valence-corrected chi connectivity index (χ4v) is 9.48. The van der Waals surface area contributed by atoms with Gasteiger partial charge >= 0.3 is 5.97 Å². The second-order valence-electron chi connectivity index (χ2n) is 21.1. The molecule has 4 aromatic rings. The summed E-state index contributed by atoms with van der Waals surface area (Å²) in [4.78, 5) is 135. The number of amides is 9. The molecule has 4 atom stereocenters. The first kappa shape index (κ1) is 74.1. The Morgan fingerprint density at radius 3 is 0.945 bits per heavy atom. The van der Waals surface area contributed by atoms with Gasteiger partial charge in [0.05, 0.1) is 57.8 Å². The minimum absolute atomic E-state index is 0.0221. The monoisotopic (exact) mass is 1270 g/mol. The topological polar surface area (TPSA) is 443 Å². The lowest BCUT2D eigenvalue weighted by molar-refractivity contribution is -0.141. The molecule has 0 bridgehead atoms. The number of methoxy groups -OCH3 is 5. The Balaban J connectivity index is 1.55. The van der Waals surface area contributed by atoms with Crippen LogP contribution in [0.3, 0.4) is 0 Å². The van der Waals surface area contributed by atoms with Crippen molar-refractivity contribution in [3.63, 3.8) is 0 Å². The zero-order valence-corrected chi connectivity index (χ0v) is 52.4. The van der Waals surface area contributed by atoms with Crippen molar-refractivity contribution in [2.75, 3.05) is 83.0 Å². The van der Waals surface area contributed by atoms with E-state index in [4.69, 9.17) is 47.6 Å². The molecule has 4 rings (SSSR count). The van der Waals surface area contributed by atoms with Gasteiger partial charge in [0.15, 0.2) is 0 Å². The molecule has 2 unspecified atom stereocenters. The van der Waals surface area contributed by atoms with Crippen LogP contribution in [0.5, 0.6) is 23.0 Å². The molecule has 0 aromatic heterocycles. The molecule has 28 nitrogen and oxygen atoms in total. The number of ether oxygens (including phenoxy) is 5. The lowest BCUT2D eigenvalue weighted by atomic mass is 10.0. The zero-order chi connectivity index (χ0) is 66.8. The molecule has 0 saturated heterocycles. The Hall–Kier alpha value is -9.38. The van der Waals surface area contributed by atoms with Crippen molar-refractivity contribution in [3.8, 4) is 23.0 Å². The van der Waals surface area contributed by atoms with Gasteiger partial charge in [0, 0.05) is 35.6 Å². The Morgan fingerprint density at radius 1 is 0.363 bits per heavy atom. The molecule has 91 heavy (non-hydrogen) atoms. The highest BCUT2D eigenvalue weighted by molar-refractivity contribution is 6.08. The molecule has 9 amide bonds. The van der Waals surface area contributed by atoms with Gasteiger partial charge in [0.2, 0.25) is 29.5 Å². The van der Waals surface area contributed by atoms with E-state index in [-0.39, 0.29) is 113 Å². The fourth-order valence-electron chi connectivity index (χ4n) is 9.48. The lowest BCUT2D eigenvalue weighted by Gasteiger charge is -2.22. The minimum atomic E-state index is -1.19. The Kier molecular flexibility index (Phi) is 32.2. The number of rotatable bonds is 41. The number of carbonyl (C=O) groups is 10. The maximum Gasteiger partial charge on any atom is 0.305 e. The van der Waals surface area contributed by atoms with Crippen LogP contribution in [0.2, 0.25) is 0 Å². The molecule has 0 radical (unpaired) electrons. The van der Waals surface area contributed by atoms with Crippen molar-refractivity contribution in [2.45, 2.75) is 127 Å². The van der Waals surface area contributed by atoms with Gasteiger partial charge in [-0.15, -0.1) is 0 Å². The first-order chi connectivity index (χ1) is 43.8. The van der Waals surface area contributed by atoms with Crippen LogP contribution in [0.1, 0.15) is 144 Å². The van der Waals surface area contributed by atoms with Crippen molar-refractivity contribution in [1.82, 2.24) is 21.3 Å². The number of hydrogen-bond donors (Lipinski definition) is 13. The molecule has 0 aliphatic rings. The largest absolute Gasteiger partial charge is 0.496 e. The van der Waals surface area contributed by atoms with E-state index >= 15 is 0 Å². The van der Waals surface area contributed by atoms with Gasteiger partial charge in [-0.3, -0.25) is 47.9 Å². The summed E-state index contributed by atoms with van der Waals surface area (Å²) >= 11 is 0. The van der Waals surface area contributed by atoms with E-state index in [1.807, 2.05) is 0 Å². The minimum Gasteiger partial charge on any atom is -0.496 e. The molecule has 496 valence electrons. The van der Waals surface area contributed by atoms with Gasteiger partial charge in [-0.05, 0) is 176 Å². The standard InChI is InChI=1S/C63H89N13O15/c1-87-50-26-22-38(34-42(50)56(68)79)69-61(84)47(17-8-12-31-65)74-58(81)44-36-40(24-28-52(44)89-3)71-63(86)49(19-10-14-33-67)76-59(82)45-37-41(25-29-53(45)90-4)72-62(85)48(18-9-13-32-66)75-57(80)43-35-39(23-27-51(43)88-2)70-60(83)46(16-7-6-11-30-64)73-54(77)20-15-21-55(78)91-5/h22-29,34-37,46-49H,6-21,30-33,64-67H2,1-5H3,(H2,68,79)(H,69,84)(H,70,83)(H,71,86)(H,72,85)(H,73,77)(H,74,81)(H,75,80)(H,76,82)/t46-,47-,48?,49?/m0/s1. The van der Waals surface area contributed by atoms with E-state index in [9.17, 15) is 47.9 Å². The average Bonchev–Trinajstić information content (AvgIpc) is 1.00. The molecule has 0 heterocycles. The predicted molar refractivity (Wildman–Crippen MR) is 343 cm³/mol. The molecule has 28 heteroatoms. The number of benzene rings is 4. The molecule has 0 aliphatic carbocycles. The van der Waals surface area contributed by atoms with E-state index in [1.54, 1.807) is 0 Å². The summed E-state index contributed by atoms with van der Waals surface area (Å²) in [5.74, 6) is -5.94. The van der Waals surface area contributed by atoms with E-state index in [2.05, 4.69) is 47.3 Å². The second kappa shape index (κ2) is 39.6. The van der Waals surface area contributed by atoms with Crippen LogP contribution in [-0.4, -0.2) is 145 Å². The number of hydrogen-bond acceptors (Lipinski definition) is 19. The van der Waals surface area contributed by atoms with Crippen LogP contribution >= 0.6 is 0 Å². The number of primary amides is 1. The normalized spacial score (nSPS) is 12.1. The average molecular weight is 1270 g/mol. The summed E-state index contributed by atoms with van der Waals surface area (Å²) < 4.78 is 26.5. The van der Waals surface area contributed by atoms with Crippen LogP contribution in [0.25, 0.3) is 0 Å². The molecule has 0 aliphatic heterocycles. The smallest absolute Gasteiger partial charge is 0.305 e. The summed E-state index contributed by atoms with van der Waals surface area (Å²) in [6, 6.07) is 12.8. The van der Waals surface area contributed by atoms with Crippen LogP contribution in [0, 0.1) is 0 Å². The van der Waals surface area contributed by atoms with Crippen LogP contribution < -0.4 is 90.2 Å². The van der Waals surface area contributed by atoms with Crippen molar-refractivity contribution in [2.24, 2.45) is 28.7 Å². The SMILES string of the molecule is COC(=O)CCCC(=O)N[C@@H](CCCCCN)C(=O)Nc1ccc(OC)c(C(=O)NC(CCCCN)C(=O)Nc2ccc(OC)c(C(=O)NC(CCCCN)C(=O)Nc3ccc(OC)c(C(=O)N[C@@H](CCCCN)C(=O)Nc4ccc(OC)c(C(N)=O)c4)c3)c2)c1. The van der Waals surface area contributed by atoms with Crippen molar-refractivity contribution < 1.29 is 71.6 Å². The van der Waals surface area contributed by atoms with Crippen LogP contribution in [-0.2, 0) is 33.5 Å². The number of carbonyl (C=O) groups excluding carboxylic acids is 10. The number of nitrogens with two attached hydrogens (primary N) is 5. The van der Waals surface area contributed by atoms with Gasteiger partial charge < -0.3 is 94.9 Å². The Morgan fingerprint density at radius 2 is 0.648 bits per heavy atom. The third kappa shape index (κ3) is 24.2. The van der Waals surface area contributed by atoms with Gasteiger partial charge in [0.25, 0.3) is 23.6 Å². The van der Waals surface area contributed by atoms with Gasteiger partial charge in [-0.1, -0.05) is 12.8 Å². The summed E-state index contributed by atoms with van der Waals surface area (Å²) in [5, 5.41) is 22.1. The molecule has 18 N–H and O–H groups in total. The van der Waals surface area contributed by atoms with Crippen LogP contribution in [0.15, 0.2) is 72.8 Å². The first-order valence-corrected chi connectivity index (χ1v) is 30.1. The van der Waals surface area contributed by atoms with E-state index in [1.165, 1.54) is 108 Å². The number of unbranched alkanes of at least 4 members (excludes halogenated alkanes) is 5. The Labute approximate surface area is 529 Å². The van der Waals surface area contributed by atoms with Crippen molar-refractivity contribution in [1.29, 1.82) is 0 Å². The third-order valence-corrected chi connectivity index (χ3v) is 14.4. The van der Waals surface area contributed by atoms with Gasteiger partial charge in [0.1, 0.15) is 47.2 Å². The number of nitrogens with one attached hydrogen (secondary N) is 8. The summed E-state index contributed by atoms with van der Waals surface area (Å²) in [7, 11) is 6.64. The molecular weight excluding hydrogens is 1180 g/mol. The molecule has 0 fully saturated rings. The summed E-state index contributed by atoms with van der Waals surface area (Å²) in [6.07, 6.45) is 5.77. The third-order valence-electron chi connectivity index (χ3n) is 14.4. The highest BCUT2D eigenvalue weighted by Gasteiger charge is 2.29. The summed E-state index contributed by atoms with van der Waals surface area (Å²) in [5.41, 5.74) is 29.1.